The molecule has 1 aromatic carbocycles. The number of halogens is 1. The van der Waals surface area contributed by atoms with E-state index >= 15 is 0 Å². The molecule has 4 aromatic rings. The number of aryl methyl sites for hydroxylation is 2. The second-order valence-electron chi connectivity index (χ2n) is 7.71. The zero-order chi connectivity index (χ0) is 22.9. The molecule has 7 nitrogen and oxygen atoms in total. The number of benzene rings is 1. The number of carbonyl (C=O) groups is 1. The van der Waals surface area contributed by atoms with Crippen LogP contribution in [0.25, 0.3) is 5.00 Å². The first kappa shape index (κ1) is 21.5. The van der Waals surface area contributed by atoms with Gasteiger partial charge in [-0.1, -0.05) is 30.7 Å². The maximum Gasteiger partial charge on any atom is 0.227 e. The monoisotopic (exact) mass is 476 g/mol. The standard InChI is InChI=1S/C24H21ClN6OS/c1-3-18-12-19-22(15-4-6-16(25)7-5-15)28-20(13-21(32)27-17-8-10-26-11-9-17)23-30-29-14(2)31(23)24(19)33-18/h4-12,20H,3,13H2,1-2H3,(H,26,27,32). The topological polar surface area (TPSA) is 85.1 Å². The first-order chi connectivity index (χ1) is 16.0. The quantitative estimate of drug-likeness (QED) is 0.430. The molecule has 1 unspecified atom stereocenters. The minimum atomic E-state index is -0.497. The third kappa shape index (κ3) is 4.19. The molecule has 9 heteroatoms. The number of rotatable bonds is 5. The molecular formula is C24H21ClN6OS. The van der Waals surface area contributed by atoms with Crippen LogP contribution in [0.1, 0.15) is 47.0 Å². The normalized spacial score (nSPS) is 14.8. The molecule has 3 aromatic heterocycles. The van der Waals surface area contributed by atoms with Crippen LogP contribution >= 0.6 is 22.9 Å². The minimum absolute atomic E-state index is 0.132. The van der Waals surface area contributed by atoms with Crippen molar-refractivity contribution in [3.05, 3.63) is 87.5 Å². The summed E-state index contributed by atoms with van der Waals surface area (Å²) in [6, 6.07) is 12.8. The number of aromatic nitrogens is 4. The van der Waals surface area contributed by atoms with E-state index in [1.807, 2.05) is 35.8 Å². The molecule has 33 heavy (non-hydrogen) atoms. The summed E-state index contributed by atoms with van der Waals surface area (Å²) < 4.78 is 2.04. The molecule has 0 saturated carbocycles. The predicted molar refractivity (Wildman–Crippen MR) is 131 cm³/mol. The van der Waals surface area contributed by atoms with Gasteiger partial charge in [0.05, 0.1) is 12.1 Å². The molecule has 5 rings (SSSR count). The smallest absolute Gasteiger partial charge is 0.227 e. The van der Waals surface area contributed by atoms with Gasteiger partial charge < -0.3 is 5.32 Å². The fourth-order valence-electron chi connectivity index (χ4n) is 3.87. The van der Waals surface area contributed by atoms with Crippen LogP contribution in [0.2, 0.25) is 5.02 Å². The Morgan fingerprint density at radius 3 is 2.64 bits per heavy atom. The highest BCUT2D eigenvalue weighted by Crippen LogP contribution is 2.37. The molecule has 1 N–H and O–H groups in total. The van der Waals surface area contributed by atoms with E-state index in [1.54, 1.807) is 35.9 Å². The van der Waals surface area contributed by atoms with Gasteiger partial charge in [0.1, 0.15) is 16.9 Å². The second-order valence-corrected chi connectivity index (χ2v) is 9.27. The van der Waals surface area contributed by atoms with Gasteiger partial charge in [-0.15, -0.1) is 21.5 Å². The van der Waals surface area contributed by atoms with E-state index < -0.39 is 6.04 Å². The Labute approximate surface area is 200 Å². The number of aliphatic imine (C=N–C) groups is 1. The molecule has 0 bridgehead atoms. The molecule has 1 atom stereocenters. The maximum atomic E-state index is 12.9. The van der Waals surface area contributed by atoms with Crippen LogP contribution in [0.15, 0.2) is 59.9 Å². The first-order valence-electron chi connectivity index (χ1n) is 10.6. The van der Waals surface area contributed by atoms with E-state index in [-0.39, 0.29) is 12.3 Å². The maximum absolute atomic E-state index is 12.9. The van der Waals surface area contributed by atoms with E-state index in [1.165, 1.54) is 4.88 Å². The number of nitrogens with one attached hydrogen (secondary N) is 1. The molecule has 4 heterocycles. The average Bonchev–Trinajstić information content (AvgIpc) is 3.38. The molecular weight excluding hydrogens is 456 g/mol. The van der Waals surface area contributed by atoms with Crippen LogP contribution in [0, 0.1) is 6.92 Å². The Morgan fingerprint density at radius 2 is 1.91 bits per heavy atom. The summed E-state index contributed by atoms with van der Waals surface area (Å²) in [6.07, 6.45) is 4.33. The summed E-state index contributed by atoms with van der Waals surface area (Å²) in [7, 11) is 0. The lowest BCUT2D eigenvalue weighted by molar-refractivity contribution is -0.116. The molecule has 1 aliphatic heterocycles. The summed E-state index contributed by atoms with van der Waals surface area (Å²) in [5, 5.41) is 13.4. The van der Waals surface area contributed by atoms with Crippen LogP contribution in [-0.4, -0.2) is 31.4 Å². The second kappa shape index (κ2) is 8.88. The van der Waals surface area contributed by atoms with Crippen molar-refractivity contribution in [1.82, 2.24) is 19.7 Å². The highest BCUT2D eigenvalue weighted by Gasteiger charge is 2.31. The summed E-state index contributed by atoms with van der Waals surface area (Å²) in [5.41, 5.74) is 3.47. The van der Waals surface area contributed by atoms with Crippen LogP contribution < -0.4 is 5.32 Å². The lowest BCUT2D eigenvalue weighted by atomic mass is 10.0. The SMILES string of the molecule is CCc1cc2c(s1)-n1c(C)nnc1C(CC(=O)Nc1ccncc1)N=C2c1ccc(Cl)cc1. The van der Waals surface area contributed by atoms with Gasteiger partial charge in [-0.25, -0.2) is 0 Å². The minimum Gasteiger partial charge on any atom is -0.326 e. The Kier molecular flexibility index (Phi) is 5.78. The zero-order valence-corrected chi connectivity index (χ0v) is 19.7. The number of anilines is 1. The largest absolute Gasteiger partial charge is 0.326 e. The van der Waals surface area contributed by atoms with Crippen LogP contribution in [-0.2, 0) is 11.2 Å². The molecule has 0 spiro atoms. The van der Waals surface area contributed by atoms with Gasteiger partial charge >= 0.3 is 0 Å². The van der Waals surface area contributed by atoms with E-state index in [0.29, 0.717) is 16.5 Å². The van der Waals surface area contributed by atoms with E-state index in [4.69, 9.17) is 16.6 Å². The summed E-state index contributed by atoms with van der Waals surface area (Å²) in [6.45, 7) is 4.06. The van der Waals surface area contributed by atoms with Gasteiger partial charge in [-0.05, 0) is 43.7 Å². The number of amides is 1. The van der Waals surface area contributed by atoms with Gasteiger partial charge in [-0.3, -0.25) is 19.3 Å². The van der Waals surface area contributed by atoms with E-state index in [0.717, 1.165) is 34.1 Å². The highest BCUT2D eigenvalue weighted by atomic mass is 35.5. The van der Waals surface area contributed by atoms with Crippen molar-refractivity contribution in [3.8, 4) is 5.00 Å². The number of nitrogens with zero attached hydrogens (tertiary/aromatic N) is 5. The number of hydrogen-bond donors (Lipinski definition) is 1. The fraction of sp³-hybridized carbons (Fsp3) is 0.208. The lowest BCUT2D eigenvalue weighted by Gasteiger charge is -2.13. The number of fused-ring (bicyclic) bond motifs is 3. The number of pyridine rings is 1. The molecule has 0 radical (unpaired) electrons. The van der Waals surface area contributed by atoms with E-state index in [2.05, 4.69) is 33.5 Å². The van der Waals surface area contributed by atoms with Crippen molar-refractivity contribution < 1.29 is 4.79 Å². The number of thiophene rings is 1. The lowest BCUT2D eigenvalue weighted by Crippen LogP contribution is -2.17. The van der Waals surface area contributed by atoms with Gasteiger partial charge in [0.2, 0.25) is 5.91 Å². The third-order valence-electron chi connectivity index (χ3n) is 5.46. The van der Waals surface area contributed by atoms with Crippen molar-refractivity contribution in [2.24, 2.45) is 4.99 Å². The third-order valence-corrected chi connectivity index (χ3v) is 6.98. The Morgan fingerprint density at radius 1 is 1.15 bits per heavy atom. The molecule has 166 valence electrons. The van der Waals surface area contributed by atoms with Gasteiger partial charge in [-0.2, -0.15) is 0 Å². The van der Waals surface area contributed by atoms with Crippen LogP contribution in [0.5, 0.6) is 0 Å². The number of carbonyl (C=O) groups excluding carboxylic acids is 1. The Bertz CT molecular complexity index is 1340. The van der Waals surface area contributed by atoms with Gasteiger partial charge in [0.15, 0.2) is 5.82 Å². The highest BCUT2D eigenvalue weighted by molar-refractivity contribution is 7.15. The van der Waals surface area contributed by atoms with Gasteiger partial charge in [0.25, 0.3) is 0 Å². The van der Waals surface area contributed by atoms with Crippen molar-refractivity contribution in [2.45, 2.75) is 32.7 Å². The molecule has 0 saturated heterocycles. The van der Waals surface area contributed by atoms with Crippen LogP contribution in [0.4, 0.5) is 5.69 Å². The predicted octanol–water partition coefficient (Wildman–Crippen LogP) is 5.17. The average molecular weight is 477 g/mol. The first-order valence-corrected chi connectivity index (χ1v) is 11.8. The molecule has 1 aliphatic rings. The molecule has 1 amide bonds. The van der Waals surface area contributed by atoms with E-state index in [9.17, 15) is 4.79 Å². The van der Waals surface area contributed by atoms with Crippen molar-refractivity contribution in [1.29, 1.82) is 0 Å². The van der Waals surface area contributed by atoms with Crippen molar-refractivity contribution in [3.63, 3.8) is 0 Å². The van der Waals surface area contributed by atoms with Crippen molar-refractivity contribution >= 4 is 40.2 Å². The van der Waals surface area contributed by atoms with Gasteiger partial charge in [0, 0.05) is 39.1 Å². The molecule has 0 fully saturated rings. The summed E-state index contributed by atoms with van der Waals surface area (Å²) in [4.78, 5) is 23.3. The Hall–Kier alpha value is -3.36. The van der Waals surface area contributed by atoms with Crippen molar-refractivity contribution in [2.75, 3.05) is 5.32 Å². The zero-order valence-electron chi connectivity index (χ0n) is 18.1. The van der Waals surface area contributed by atoms with Crippen LogP contribution in [0.3, 0.4) is 0 Å². The molecule has 0 aliphatic carbocycles. The summed E-state index contributed by atoms with van der Waals surface area (Å²) >= 11 is 7.85. The summed E-state index contributed by atoms with van der Waals surface area (Å²) in [5.74, 6) is 1.27. The Balaban J connectivity index is 1.61. The number of hydrogen-bond acceptors (Lipinski definition) is 6. The fourth-order valence-corrected chi connectivity index (χ4v) is 5.15.